The Morgan fingerprint density at radius 2 is 1.87 bits per heavy atom. The van der Waals surface area contributed by atoms with Gasteiger partial charge in [0, 0.05) is 30.4 Å². The molecule has 10 heteroatoms. The molecule has 9 nitrogen and oxygen atoms in total. The monoisotopic (exact) mass is 533 g/mol. The van der Waals surface area contributed by atoms with Gasteiger partial charge in [0.15, 0.2) is 0 Å². The van der Waals surface area contributed by atoms with Crippen LogP contribution >= 0.6 is 11.6 Å². The number of aryl methyl sites for hydroxylation is 1. The number of hydrogen-bond donors (Lipinski definition) is 2. The molecule has 2 N–H and O–H groups in total. The molecule has 2 fully saturated rings. The van der Waals surface area contributed by atoms with Gasteiger partial charge in [-0.15, -0.1) is 0 Å². The van der Waals surface area contributed by atoms with Crippen LogP contribution in [0.15, 0.2) is 46.0 Å². The molecule has 3 aromatic rings. The van der Waals surface area contributed by atoms with Crippen LogP contribution in [0.25, 0.3) is 10.9 Å². The Labute approximate surface area is 224 Å². The number of benzene rings is 2. The van der Waals surface area contributed by atoms with Crippen molar-refractivity contribution in [2.24, 2.45) is 11.8 Å². The summed E-state index contributed by atoms with van der Waals surface area (Å²) in [6.07, 6.45) is 4.06. The van der Waals surface area contributed by atoms with Gasteiger partial charge in [-0.3, -0.25) is 23.5 Å². The molecule has 2 atom stereocenters. The Balaban J connectivity index is 1.36. The SMILES string of the molecule is CCn1c(=O)n(CC2CC2)c(=O)c2cc(C(=O)N[C@@H]3CCC[C@@H]3C(=O)Nc3ccc(C#N)c(Cl)c3)ccc21. The van der Waals surface area contributed by atoms with Gasteiger partial charge in [-0.1, -0.05) is 18.0 Å². The average molecular weight is 534 g/mol. The molecule has 2 saturated carbocycles. The van der Waals surface area contributed by atoms with E-state index in [-0.39, 0.29) is 34.1 Å². The zero-order chi connectivity index (χ0) is 27.0. The third-order valence-electron chi connectivity index (χ3n) is 7.47. The normalized spacial score (nSPS) is 18.8. The Bertz CT molecular complexity index is 1600. The fourth-order valence-electron chi connectivity index (χ4n) is 5.21. The number of aromatic nitrogens is 2. The number of carbonyl (C=O) groups excluding carboxylic acids is 2. The highest BCUT2D eigenvalue weighted by Gasteiger charge is 2.34. The molecule has 0 aliphatic heterocycles. The Hall–Kier alpha value is -3.90. The first-order chi connectivity index (χ1) is 18.3. The molecule has 0 saturated heterocycles. The van der Waals surface area contributed by atoms with Crippen molar-refractivity contribution in [3.8, 4) is 6.07 Å². The summed E-state index contributed by atoms with van der Waals surface area (Å²) in [4.78, 5) is 52.4. The minimum Gasteiger partial charge on any atom is -0.349 e. The average Bonchev–Trinajstić information content (AvgIpc) is 3.61. The van der Waals surface area contributed by atoms with Crippen LogP contribution < -0.4 is 21.9 Å². The fraction of sp³-hybridized carbons (Fsp3) is 0.393. The smallest absolute Gasteiger partial charge is 0.331 e. The van der Waals surface area contributed by atoms with Crippen LogP contribution in [-0.2, 0) is 17.9 Å². The van der Waals surface area contributed by atoms with Crippen LogP contribution in [0.3, 0.4) is 0 Å². The van der Waals surface area contributed by atoms with Crippen molar-refractivity contribution < 1.29 is 9.59 Å². The Kier molecular flexibility index (Phi) is 7.09. The lowest BCUT2D eigenvalue weighted by Crippen LogP contribution is -2.42. The highest BCUT2D eigenvalue weighted by molar-refractivity contribution is 6.32. The summed E-state index contributed by atoms with van der Waals surface area (Å²) in [5.74, 6) is -0.697. The minimum atomic E-state index is -0.435. The Morgan fingerprint density at radius 1 is 1.08 bits per heavy atom. The number of nitrogens with one attached hydrogen (secondary N) is 2. The van der Waals surface area contributed by atoms with E-state index in [2.05, 4.69) is 10.6 Å². The van der Waals surface area contributed by atoms with E-state index in [1.165, 1.54) is 10.6 Å². The molecule has 1 heterocycles. The van der Waals surface area contributed by atoms with Crippen LogP contribution in [0.1, 0.15) is 54.9 Å². The zero-order valence-electron chi connectivity index (χ0n) is 21.0. The van der Waals surface area contributed by atoms with Gasteiger partial charge in [0.2, 0.25) is 5.91 Å². The summed E-state index contributed by atoms with van der Waals surface area (Å²) < 4.78 is 2.85. The van der Waals surface area contributed by atoms with E-state index < -0.39 is 5.92 Å². The number of hydrogen-bond acceptors (Lipinski definition) is 5. The molecule has 0 unspecified atom stereocenters. The number of fused-ring (bicyclic) bond motifs is 1. The highest BCUT2D eigenvalue weighted by Crippen LogP contribution is 2.30. The zero-order valence-corrected chi connectivity index (χ0v) is 21.8. The van der Waals surface area contributed by atoms with Gasteiger partial charge in [0.1, 0.15) is 6.07 Å². The van der Waals surface area contributed by atoms with Crippen molar-refractivity contribution in [3.05, 3.63) is 73.4 Å². The third-order valence-corrected chi connectivity index (χ3v) is 7.78. The van der Waals surface area contributed by atoms with Crippen molar-refractivity contribution in [3.63, 3.8) is 0 Å². The third kappa shape index (κ3) is 4.96. The number of nitriles is 1. The van der Waals surface area contributed by atoms with Crippen LogP contribution in [0.4, 0.5) is 5.69 Å². The van der Waals surface area contributed by atoms with Crippen LogP contribution in [0, 0.1) is 23.2 Å². The largest absolute Gasteiger partial charge is 0.349 e. The molecule has 196 valence electrons. The van der Waals surface area contributed by atoms with Gasteiger partial charge in [-0.2, -0.15) is 5.26 Å². The number of carbonyl (C=O) groups is 2. The molecule has 2 amide bonds. The second kappa shape index (κ2) is 10.5. The van der Waals surface area contributed by atoms with E-state index in [9.17, 15) is 19.2 Å². The maximum Gasteiger partial charge on any atom is 0.331 e. The Morgan fingerprint density at radius 3 is 2.55 bits per heavy atom. The van der Waals surface area contributed by atoms with Crippen molar-refractivity contribution in [2.45, 2.75) is 58.2 Å². The number of amides is 2. The summed E-state index contributed by atoms with van der Waals surface area (Å²) in [5.41, 5.74) is 0.910. The van der Waals surface area contributed by atoms with Crippen molar-refractivity contribution in [1.82, 2.24) is 14.5 Å². The van der Waals surface area contributed by atoms with E-state index >= 15 is 0 Å². The van der Waals surface area contributed by atoms with E-state index in [0.29, 0.717) is 59.6 Å². The van der Waals surface area contributed by atoms with Gasteiger partial charge in [0.05, 0.1) is 27.4 Å². The maximum atomic E-state index is 13.2. The molecule has 5 rings (SSSR count). The summed E-state index contributed by atoms with van der Waals surface area (Å²) >= 11 is 6.08. The van der Waals surface area contributed by atoms with Crippen molar-refractivity contribution in [2.75, 3.05) is 5.32 Å². The standard InChI is InChI=1S/C28H28ClN5O4/c1-2-33-24-11-9-17(12-21(24)27(37)34(28(33)38)15-16-6-7-16)25(35)32-23-5-3-4-20(23)26(36)31-19-10-8-18(14-30)22(29)13-19/h8-13,16,20,23H,2-7,15H2,1H3,(H,31,36)(H,32,35)/t20-,23+/m0/s1. The number of nitrogens with zero attached hydrogens (tertiary/aromatic N) is 3. The van der Waals surface area contributed by atoms with Crippen molar-refractivity contribution in [1.29, 1.82) is 5.26 Å². The molecule has 2 aliphatic carbocycles. The lowest BCUT2D eigenvalue weighted by Gasteiger charge is -2.21. The molecule has 0 radical (unpaired) electrons. The van der Waals surface area contributed by atoms with Crippen LogP contribution in [0.2, 0.25) is 5.02 Å². The molecule has 1 aromatic heterocycles. The van der Waals surface area contributed by atoms with Gasteiger partial charge in [-0.05, 0) is 74.9 Å². The summed E-state index contributed by atoms with van der Waals surface area (Å²) in [5, 5.41) is 15.4. The summed E-state index contributed by atoms with van der Waals surface area (Å²) in [6, 6.07) is 11.1. The van der Waals surface area contributed by atoms with Crippen LogP contribution in [-0.4, -0.2) is 27.0 Å². The molecular formula is C28H28ClN5O4. The van der Waals surface area contributed by atoms with Crippen molar-refractivity contribution >= 4 is 40.0 Å². The molecule has 2 aliphatic rings. The highest BCUT2D eigenvalue weighted by atomic mass is 35.5. The quantitative estimate of drug-likeness (QED) is 0.479. The fourth-order valence-corrected chi connectivity index (χ4v) is 5.43. The molecule has 2 aromatic carbocycles. The van der Waals surface area contributed by atoms with E-state index in [4.69, 9.17) is 16.9 Å². The van der Waals surface area contributed by atoms with E-state index in [0.717, 1.165) is 19.3 Å². The first kappa shape index (κ1) is 25.7. The topological polar surface area (TPSA) is 126 Å². The summed E-state index contributed by atoms with van der Waals surface area (Å²) in [6.45, 7) is 2.66. The lowest BCUT2D eigenvalue weighted by atomic mass is 10.0. The first-order valence-corrected chi connectivity index (χ1v) is 13.3. The number of halogens is 1. The van der Waals surface area contributed by atoms with E-state index in [1.807, 2.05) is 13.0 Å². The second-order valence-electron chi connectivity index (χ2n) is 10.0. The maximum absolute atomic E-state index is 13.2. The van der Waals surface area contributed by atoms with Crippen LogP contribution in [0.5, 0.6) is 0 Å². The van der Waals surface area contributed by atoms with Gasteiger partial charge in [-0.25, -0.2) is 4.79 Å². The summed E-state index contributed by atoms with van der Waals surface area (Å²) in [7, 11) is 0. The van der Waals surface area contributed by atoms with Gasteiger partial charge in [0.25, 0.3) is 11.5 Å². The molecular weight excluding hydrogens is 506 g/mol. The minimum absolute atomic E-state index is 0.234. The predicted octanol–water partition coefficient (Wildman–Crippen LogP) is 3.66. The first-order valence-electron chi connectivity index (χ1n) is 12.9. The number of anilines is 1. The predicted molar refractivity (Wildman–Crippen MR) is 144 cm³/mol. The van der Waals surface area contributed by atoms with Gasteiger partial charge >= 0.3 is 5.69 Å². The number of rotatable bonds is 7. The molecule has 0 spiro atoms. The van der Waals surface area contributed by atoms with E-state index in [1.54, 1.807) is 34.9 Å². The molecule has 0 bridgehead atoms. The second-order valence-corrected chi connectivity index (χ2v) is 10.4. The van der Waals surface area contributed by atoms with Gasteiger partial charge < -0.3 is 10.6 Å². The lowest BCUT2D eigenvalue weighted by molar-refractivity contribution is -0.120. The molecule has 38 heavy (non-hydrogen) atoms.